The minimum Gasteiger partial charge on any atom is -0.480 e. The van der Waals surface area contributed by atoms with Crippen molar-refractivity contribution in [3.63, 3.8) is 0 Å². The van der Waals surface area contributed by atoms with Gasteiger partial charge in [-0.2, -0.15) is 0 Å². The van der Waals surface area contributed by atoms with Crippen LogP contribution in [0.5, 0.6) is 0 Å². The summed E-state index contributed by atoms with van der Waals surface area (Å²) >= 11 is 1.85. The monoisotopic (exact) mass is 344 g/mol. The number of hydrogen-bond acceptors (Lipinski definition) is 4. The molecule has 1 aromatic rings. The van der Waals surface area contributed by atoms with Gasteiger partial charge in [0.2, 0.25) is 5.91 Å². The van der Waals surface area contributed by atoms with Crippen LogP contribution >= 0.6 is 24.2 Å². The lowest BCUT2D eigenvalue weighted by Gasteiger charge is -2.15. The molecule has 1 amide bonds. The number of carbonyl (C=O) groups excluding carboxylic acids is 1. The van der Waals surface area contributed by atoms with E-state index < -0.39 is 5.97 Å². The molecule has 7 heteroatoms. The summed E-state index contributed by atoms with van der Waals surface area (Å²) < 4.78 is 0. The fraction of sp³-hybridized carbons (Fsp3) is 0.467. The Morgan fingerprint density at radius 3 is 2.73 bits per heavy atom. The number of nitrogens with zero attached hydrogens (tertiary/aromatic N) is 1. The zero-order chi connectivity index (χ0) is 15.1. The first-order valence-corrected chi connectivity index (χ1v) is 8.01. The van der Waals surface area contributed by atoms with Crippen molar-refractivity contribution in [2.45, 2.75) is 11.3 Å². The Morgan fingerprint density at radius 1 is 1.32 bits per heavy atom. The molecule has 1 aliphatic rings. The highest BCUT2D eigenvalue weighted by molar-refractivity contribution is 7.99. The summed E-state index contributed by atoms with van der Waals surface area (Å²) in [4.78, 5) is 25.3. The van der Waals surface area contributed by atoms with Crippen LogP contribution < -0.4 is 5.32 Å². The minimum absolute atomic E-state index is 0. The van der Waals surface area contributed by atoms with Gasteiger partial charge in [-0.05, 0) is 31.0 Å². The van der Waals surface area contributed by atoms with E-state index >= 15 is 0 Å². The predicted molar refractivity (Wildman–Crippen MR) is 89.6 cm³/mol. The number of carboxylic acid groups (broad SMARTS) is 1. The van der Waals surface area contributed by atoms with Gasteiger partial charge in [-0.15, -0.1) is 24.2 Å². The molecule has 5 nitrogen and oxygen atoms in total. The molecule has 0 radical (unpaired) electrons. The van der Waals surface area contributed by atoms with Crippen molar-refractivity contribution < 1.29 is 14.7 Å². The maximum atomic E-state index is 11.6. The first-order chi connectivity index (χ1) is 10.1. The molecule has 1 fully saturated rings. The van der Waals surface area contributed by atoms with Gasteiger partial charge in [-0.25, -0.2) is 0 Å². The van der Waals surface area contributed by atoms with Gasteiger partial charge in [0.25, 0.3) is 0 Å². The van der Waals surface area contributed by atoms with Crippen LogP contribution in [0.2, 0.25) is 0 Å². The lowest BCUT2D eigenvalue weighted by atomic mass is 10.2. The highest BCUT2D eigenvalue weighted by Gasteiger charge is 2.24. The van der Waals surface area contributed by atoms with Crippen LogP contribution in [0, 0.1) is 5.92 Å². The Hall–Kier alpha value is -1.24. The number of benzene rings is 1. The topological polar surface area (TPSA) is 69.6 Å². The highest BCUT2D eigenvalue weighted by atomic mass is 35.5. The summed E-state index contributed by atoms with van der Waals surface area (Å²) in [5.74, 6) is 0.412. The third kappa shape index (κ3) is 6.68. The zero-order valence-corrected chi connectivity index (χ0v) is 13.9. The number of hydrogen-bond donors (Lipinski definition) is 2. The standard InChI is InChI=1S/C15H20N2O3S.ClH/c18-14(16-8-15(19)20)10-17-7-6-12(9-17)11-21-13-4-2-1-3-5-13;/h1-5,12H,6-11H2,(H,16,18)(H,19,20);1H. The van der Waals surface area contributed by atoms with E-state index in [0.717, 1.165) is 25.3 Å². The number of carbonyl (C=O) groups is 2. The van der Waals surface area contributed by atoms with E-state index in [2.05, 4.69) is 22.3 Å². The van der Waals surface area contributed by atoms with Crippen LogP contribution in [0.4, 0.5) is 0 Å². The number of rotatable bonds is 7. The van der Waals surface area contributed by atoms with Gasteiger partial charge in [0.05, 0.1) is 6.54 Å². The number of thioether (sulfide) groups is 1. The average molecular weight is 345 g/mol. The number of amides is 1. The molecule has 1 aromatic carbocycles. The smallest absolute Gasteiger partial charge is 0.322 e. The molecule has 2 N–H and O–H groups in total. The summed E-state index contributed by atoms with van der Waals surface area (Å²) in [7, 11) is 0. The number of aliphatic carboxylic acids is 1. The van der Waals surface area contributed by atoms with Crippen molar-refractivity contribution in [2.75, 3.05) is 31.9 Å². The van der Waals surface area contributed by atoms with Gasteiger partial charge in [-0.3, -0.25) is 14.5 Å². The maximum absolute atomic E-state index is 11.6. The Balaban J connectivity index is 0.00000242. The van der Waals surface area contributed by atoms with Crippen LogP contribution in [-0.2, 0) is 9.59 Å². The zero-order valence-electron chi connectivity index (χ0n) is 12.2. The SMILES string of the molecule is Cl.O=C(O)CNC(=O)CN1CCC(CSc2ccccc2)C1. The van der Waals surface area contributed by atoms with Crippen LogP contribution in [-0.4, -0.2) is 53.8 Å². The molecule has 122 valence electrons. The third-order valence-electron chi connectivity index (χ3n) is 3.40. The van der Waals surface area contributed by atoms with Crippen molar-refractivity contribution in [1.29, 1.82) is 0 Å². The largest absolute Gasteiger partial charge is 0.480 e. The normalized spacial score (nSPS) is 17.7. The average Bonchev–Trinajstić information content (AvgIpc) is 2.91. The quantitative estimate of drug-likeness (QED) is 0.737. The second kappa shape index (κ2) is 9.71. The van der Waals surface area contributed by atoms with E-state index in [-0.39, 0.29) is 24.9 Å². The van der Waals surface area contributed by atoms with E-state index in [4.69, 9.17) is 5.11 Å². The van der Waals surface area contributed by atoms with Crippen LogP contribution in [0.25, 0.3) is 0 Å². The van der Waals surface area contributed by atoms with E-state index in [1.807, 2.05) is 30.0 Å². The fourth-order valence-electron chi connectivity index (χ4n) is 2.36. The summed E-state index contributed by atoms with van der Waals surface area (Å²) in [5.41, 5.74) is 0. The number of likely N-dealkylation sites (tertiary alicyclic amines) is 1. The first kappa shape index (κ1) is 18.8. The van der Waals surface area contributed by atoms with Gasteiger partial charge in [0.1, 0.15) is 6.54 Å². The third-order valence-corrected chi connectivity index (χ3v) is 4.65. The van der Waals surface area contributed by atoms with Gasteiger partial charge in [0, 0.05) is 17.2 Å². The molecule has 0 aromatic heterocycles. The Bertz CT molecular complexity index is 487. The minimum atomic E-state index is -1.01. The molecule has 0 bridgehead atoms. The van der Waals surface area contributed by atoms with Crippen LogP contribution in [0.3, 0.4) is 0 Å². The Labute approximate surface area is 140 Å². The molecule has 1 heterocycles. The van der Waals surface area contributed by atoms with E-state index in [1.54, 1.807) is 0 Å². The number of carboxylic acids is 1. The summed E-state index contributed by atoms with van der Waals surface area (Å²) in [5, 5.41) is 10.9. The van der Waals surface area contributed by atoms with Crippen LogP contribution in [0.15, 0.2) is 35.2 Å². The Morgan fingerprint density at radius 2 is 2.05 bits per heavy atom. The molecule has 1 unspecified atom stereocenters. The van der Waals surface area contributed by atoms with Gasteiger partial charge >= 0.3 is 5.97 Å². The molecule has 22 heavy (non-hydrogen) atoms. The molecule has 0 aliphatic carbocycles. The van der Waals surface area contributed by atoms with Crippen molar-refractivity contribution >= 4 is 36.0 Å². The number of halogens is 1. The molecule has 0 saturated carbocycles. The van der Waals surface area contributed by atoms with E-state index in [9.17, 15) is 9.59 Å². The van der Waals surface area contributed by atoms with Crippen molar-refractivity contribution in [3.8, 4) is 0 Å². The molecule has 1 atom stereocenters. The fourth-order valence-corrected chi connectivity index (χ4v) is 3.41. The lowest BCUT2D eigenvalue weighted by Crippen LogP contribution is -2.38. The van der Waals surface area contributed by atoms with Crippen molar-refractivity contribution in [2.24, 2.45) is 5.92 Å². The van der Waals surface area contributed by atoms with Crippen molar-refractivity contribution in [3.05, 3.63) is 30.3 Å². The molecular weight excluding hydrogens is 324 g/mol. The summed E-state index contributed by atoms with van der Waals surface area (Å²) in [6, 6.07) is 10.3. The van der Waals surface area contributed by atoms with Crippen LogP contribution in [0.1, 0.15) is 6.42 Å². The lowest BCUT2D eigenvalue weighted by molar-refractivity contribution is -0.138. The first-order valence-electron chi connectivity index (χ1n) is 7.02. The highest BCUT2D eigenvalue weighted by Crippen LogP contribution is 2.25. The number of nitrogens with one attached hydrogen (secondary N) is 1. The molecule has 1 aliphatic heterocycles. The summed E-state index contributed by atoms with van der Waals surface area (Å²) in [6.45, 7) is 1.79. The van der Waals surface area contributed by atoms with Gasteiger partial charge < -0.3 is 10.4 Å². The van der Waals surface area contributed by atoms with E-state index in [0.29, 0.717) is 12.5 Å². The van der Waals surface area contributed by atoms with Gasteiger partial charge in [-0.1, -0.05) is 18.2 Å². The predicted octanol–water partition coefficient (Wildman–Crippen LogP) is 1.72. The molecule has 1 saturated heterocycles. The molecule has 2 rings (SSSR count). The van der Waals surface area contributed by atoms with Crippen molar-refractivity contribution in [1.82, 2.24) is 10.2 Å². The summed E-state index contributed by atoms with van der Waals surface area (Å²) in [6.07, 6.45) is 1.09. The van der Waals surface area contributed by atoms with E-state index in [1.165, 1.54) is 4.90 Å². The molecule has 0 spiro atoms. The maximum Gasteiger partial charge on any atom is 0.322 e. The molecular formula is C15H21ClN2O3S. The second-order valence-electron chi connectivity index (χ2n) is 5.18. The van der Waals surface area contributed by atoms with Gasteiger partial charge in [0.15, 0.2) is 0 Å². The second-order valence-corrected chi connectivity index (χ2v) is 6.28. The Kier molecular flexibility index (Phi) is 8.30.